The molecule has 0 fully saturated rings. The number of nitrogens with zero attached hydrogens (tertiary/aromatic N) is 1. The molecule has 118 valence electrons. The van der Waals surface area contributed by atoms with E-state index < -0.39 is 6.29 Å². The van der Waals surface area contributed by atoms with Crippen LogP contribution >= 0.6 is 27.5 Å². The lowest BCUT2D eigenvalue weighted by Gasteiger charge is -2.16. The first kappa shape index (κ1) is 17.1. The van der Waals surface area contributed by atoms with Crippen LogP contribution < -0.4 is 5.32 Å². The predicted octanol–water partition coefficient (Wildman–Crippen LogP) is 3.39. The Morgan fingerprint density at radius 3 is 2.95 bits per heavy atom. The minimum atomic E-state index is -0.490. The predicted molar refractivity (Wildman–Crippen MR) is 89.2 cm³/mol. The summed E-state index contributed by atoms with van der Waals surface area (Å²) in [5, 5.41) is 3.82. The van der Waals surface area contributed by atoms with Gasteiger partial charge in [-0.15, -0.1) is 0 Å². The van der Waals surface area contributed by atoms with Crippen LogP contribution in [-0.4, -0.2) is 37.4 Å². The van der Waals surface area contributed by atoms with Crippen LogP contribution in [-0.2, 0) is 9.47 Å². The van der Waals surface area contributed by atoms with E-state index in [0.717, 1.165) is 15.4 Å². The van der Waals surface area contributed by atoms with Gasteiger partial charge >= 0.3 is 0 Å². The smallest absolute Gasteiger partial charge is 0.254 e. The van der Waals surface area contributed by atoms with Gasteiger partial charge in [0.25, 0.3) is 5.91 Å². The molecular formula is C15H16BrClN2O3. The topological polar surface area (TPSA) is 60.5 Å². The molecule has 5 nitrogen and oxygen atoms in total. The fourth-order valence-corrected chi connectivity index (χ4v) is 2.61. The van der Waals surface area contributed by atoms with E-state index in [1.54, 1.807) is 0 Å². The Labute approximate surface area is 142 Å². The monoisotopic (exact) mass is 386 g/mol. The first-order valence-electron chi connectivity index (χ1n) is 6.73. The highest BCUT2D eigenvalue weighted by atomic mass is 79.9. The summed E-state index contributed by atoms with van der Waals surface area (Å²) in [4.78, 5) is 16.5. The number of hydrogen-bond acceptors (Lipinski definition) is 4. The van der Waals surface area contributed by atoms with Crippen LogP contribution in [0.3, 0.4) is 0 Å². The molecule has 1 heterocycles. The number of carbonyl (C=O) groups excluding carboxylic acids is 1. The summed E-state index contributed by atoms with van der Waals surface area (Å²) in [7, 11) is 1.52. The van der Waals surface area contributed by atoms with Crippen LogP contribution in [0.1, 0.15) is 17.3 Å². The van der Waals surface area contributed by atoms with Crippen molar-refractivity contribution in [1.29, 1.82) is 0 Å². The fraction of sp³-hybridized carbons (Fsp3) is 0.333. The summed E-state index contributed by atoms with van der Waals surface area (Å²) in [6.07, 6.45) is 0.978. The number of halogens is 2. The molecule has 1 amide bonds. The molecular weight excluding hydrogens is 372 g/mol. The van der Waals surface area contributed by atoms with Crippen molar-refractivity contribution in [3.8, 4) is 0 Å². The first-order valence-corrected chi connectivity index (χ1v) is 7.90. The van der Waals surface area contributed by atoms with Crippen molar-refractivity contribution in [3.05, 3.63) is 39.5 Å². The number of carbonyl (C=O) groups is 1. The van der Waals surface area contributed by atoms with Crippen LogP contribution in [0.2, 0.25) is 5.02 Å². The van der Waals surface area contributed by atoms with Crippen molar-refractivity contribution >= 4 is 44.3 Å². The third-order valence-electron chi connectivity index (χ3n) is 3.05. The van der Waals surface area contributed by atoms with Crippen molar-refractivity contribution in [3.63, 3.8) is 0 Å². The molecule has 7 heteroatoms. The summed E-state index contributed by atoms with van der Waals surface area (Å²) in [5.74, 6) is -0.318. The van der Waals surface area contributed by atoms with Crippen molar-refractivity contribution in [2.75, 3.05) is 20.3 Å². The SMILES string of the molecule is CCOC(CNC(=O)c1cnc2ccc(Br)cc2c1Cl)OC. The minimum Gasteiger partial charge on any atom is -0.354 e. The van der Waals surface area contributed by atoms with Crippen molar-refractivity contribution in [1.82, 2.24) is 10.3 Å². The highest BCUT2D eigenvalue weighted by Crippen LogP contribution is 2.28. The average Bonchev–Trinajstić information content (AvgIpc) is 2.52. The van der Waals surface area contributed by atoms with Crippen LogP contribution in [0.4, 0.5) is 0 Å². The highest BCUT2D eigenvalue weighted by Gasteiger charge is 2.16. The van der Waals surface area contributed by atoms with Gasteiger partial charge < -0.3 is 14.8 Å². The van der Waals surface area contributed by atoms with Gasteiger partial charge in [0.15, 0.2) is 6.29 Å². The Balaban J connectivity index is 2.19. The molecule has 0 bridgehead atoms. The molecule has 0 radical (unpaired) electrons. The van der Waals surface area contributed by atoms with E-state index in [1.165, 1.54) is 13.3 Å². The van der Waals surface area contributed by atoms with Crippen molar-refractivity contribution in [2.24, 2.45) is 0 Å². The summed E-state index contributed by atoms with van der Waals surface area (Å²) >= 11 is 9.72. The second-order valence-electron chi connectivity index (χ2n) is 4.48. The summed E-state index contributed by atoms with van der Waals surface area (Å²) in [6, 6.07) is 5.54. The fourth-order valence-electron chi connectivity index (χ4n) is 1.96. The lowest BCUT2D eigenvalue weighted by Crippen LogP contribution is -2.35. The largest absolute Gasteiger partial charge is 0.354 e. The maximum absolute atomic E-state index is 12.3. The second kappa shape index (κ2) is 7.87. The molecule has 0 aliphatic rings. The van der Waals surface area contributed by atoms with Gasteiger partial charge in [0, 0.05) is 29.8 Å². The third kappa shape index (κ3) is 3.95. The number of aromatic nitrogens is 1. The van der Waals surface area contributed by atoms with Gasteiger partial charge in [-0.1, -0.05) is 27.5 Å². The number of nitrogens with one attached hydrogen (secondary N) is 1. The molecule has 0 aliphatic carbocycles. The van der Waals surface area contributed by atoms with Crippen molar-refractivity contribution in [2.45, 2.75) is 13.2 Å². The quantitative estimate of drug-likeness (QED) is 0.772. The summed E-state index contributed by atoms with van der Waals surface area (Å²) in [5.41, 5.74) is 1.05. The van der Waals surface area contributed by atoms with Crippen LogP contribution in [0.15, 0.2) is 28.9 Å². The lowest BCUT2D eigenvalue weighted by atomic mass is 10.1. The molecule has 2 rings (SSSR count). The van der Waals surface area contributed by atoms with E-state index in [2.05, 4.69) is 26.2 Å². The van der Waals surface area contributed by atoms with Gasteiger partial charge in [0.1, 0.15) is 0 Å². The molecule has 1 unspecified atom stereocenters. The number of pyridine rings is 1. The standard InChI is InChI=1S/C15H16BrClN2O3/c1-3-22-13(21-2)8-19-15(20)11-7-18-12-5-4-9(16)6-10(12)14(11)17/h4-7,13H,3,8H2,1-2H3,(H,19,20). The zero-order valence-electron chi connectivity index (χ0n) is 12.2. The third-order valence-corrected chi connectivity index (χ3v) is 3.95. The normalized spacial score (nSPS) is 12.4. The van der Waals surface area contributed by atoms with Gasteiger partial charge in [0.05, 0.1) is 22.6 Å². The molecule has 1 aromatic heterocycles. The summed E-state index contributed by atoms with van der Waals surface area (Å²) < 4.78 is 11.3. The Morgan fingerprint density at radius 2 is 2.27 bits per heavy atom. The van der Waals surface area contributed by atoms with E-state index >= 15 is 0 Å². The molecule has 0 aliphatic heterocycles. The number of ether oxygens (including phenoxy) is 2. The van der Waals surface area contributed by atoms with Crippen LogP contribution in [0, 0.1) is 0 Å². The van der Waals surface area contributed by atoms with E-state index in [9.17, 15) is 4.79 Å². The first-order chi connectivity index (χ1) is 10.6. The maximum atomic E-state index is 12.3. The van der Waals surface area contributed by atoms with Gasteiger partial charge in [-0.25, -0.2) is 0 Å². The molecule has 0 saturated carbocycles. The van der Waals surface area contributed by atoms with E-state index in [-0.39, 0.29) is 12.5 Å². The van der Waals surface area contributed by atoms with Gasteiger partial charge in [-0.2, -0.15) is 0 Å². The van der Waals surface area contributed by atoms with Crippen LogP contribution in [0.5, 0.6) is 0 Å². The lowest BCUT2D eigenvalue weighted by molar-refractivity contribution is -0.115. The number of methoxy groups -OCH3 is 1. The Kier molecular flexibility index (Phi) is 6.14. The number of amides is 1. The Morgan fingerprint density at radius 1 is 1.50 bits per heavy atom. The number of benzene rings is 1. The molecule has 1 N–H and O–H groups in total. The Bertz CT molecular complexity index is 681. The summed E-state index contributed by atoms with van der Waals surface area (Å²) in [6.45, 7) is 2.59. The second-order valence-corrected chi connectivity index (χ2v) is 5.77. The number of fused-ring (bicyclic) bond motifs is 1. The van der Waals surface area contributed by atoms with E-state index in [4.69, 9.17) is 21.1 Å². The molecule has 1 aromatic carbocycles. The number of hydrogen-bond donors (Lipinski definition) is 1. The molecule has 0 spiro atoms. The van der Waals surface area contributed by atoms with E-state index in [0.29, 0.717) is 17.2 Å². The Hall–Kier alpha value is -1.21. The molecule has 0 saturated heterocycles. The zero-order chi connectivity index (χ0) is 16.1. The van der Waals surface area contributed by atoms with E-state index in [1.807, 2.05) is 25.1 Å². The molecule has 2 aromatic rings. The zero-order valence-corrected chi connectivity index (χ0v) is 14.6. The average molecular weight is 388 g/mol. The molecule has 22 heavy (non-hydrogen) atoms. The van der Waals surface area contributed by atoms with Gasteiger partial charge in [0.2, 0.25) is 0 Å². The van der Waals surface area contributed by atoms with Gasteiger partial charge in [-0.3, -0.25) is 9.78 Å². The maximum Gasteiger partial charge on any atom is 0.254 e. The van der Waals surface area contributed by atoms with Crippen molar-refractivity contribution < 1.29 is 14.3 Å². The number of rotatable bonds is 6. The van der Waals surface area contributed by atoms with Gasteiger partial charge in [-0.05, 0) is 25.1 Å². The van der Waals surface area contributed by atoms with Crippen LogP contribution in [0.25, 0.3) is 10.9 Å². The minimum absolute atomic E-state index is 0.232. The molecule has 1 atom stereocenters. The highest BCUT2D eigenvalue weighted by molar-refractivity contribution is 9.10.